The fourth-order valence-electron chi connectivity index (χ4n) is 2.45. The van der Waals surface area contributed by atoms with Crippen LogP contribution in [0.5, 0.6) is 0 Å². The summed E-state index contributed by atoms with van der Waals surface area (Å²) in [5, 5.41) is 3.30. The molecule has 1 fully saturated rings. The van der Waals surface area contributed by atoms with Crippen LogP contribution in [0, 0.1) is 12.8 Å². The average Bonchev–Trinajstić information content (AvgIpc) is 2.60. The van der Waals surface area contributed by atoms with E-state index in [1.54, 1.807) is 11.3 Å². The predicted molar refractivity (Wildman–Crippen MR) is 70.1 cm³/mol. The van der Waals surface area contributed by atoms with Crippen LogP contribution in [0.4, 0.5) is 5.13 Å². The predicted octanol–water partition coefficient (Wildman–Crippen LogP) is 2.41. The van der Waals surface area contributed by atoms with E-state index < -0.39 is 0 Å². The molecule has 4 heteroatoms. The lowest BCUT2D eigenvalue weighted by atomic mass is 9.96. The molecular weight excluding hydrogens is 218 g/mol. The molecule has 3 nitrogen and oxygen atoms in total. The van der Waals surface area contributed by atoms with E-state index in [2.05, 4.69) is 29.1 Å². The van der Waals surface area contributed by atoms with Gasteiger partial charge in [0.15, 0.2) is 5.13 Å². The van der Waals surface area contributed by atoms with Crippen molar-refractivity contribution in [3.8, 4) is 0 Å². The molecule has 0 bridgehead atoms. The molecule has 2 N–H and O–H groups in total. The summed E-state index contributed by atoms with van der Waals surface area (Å²) in [7, 11) is 0. The summed E-state index contributed by atoms with van der Waals surface area (Å²) in [6.07, 6.45) is 3.82. The Hall–Kier alpha value is -0.610. The summed E-state index contributed by atoms with van der Waals surface area (Å²) in [5.41, 5.74) is 6.99. The van der Waals surface area contributed by atoms with Crippen molar-refractivity contribution in [3.63, 3.8) is 0 Å². The fourth-order valence-corrected chi connectivity index (χ4v) is 3.36. The lowest BCUT2D eigenvalue weighted by Crippen LogP contribution is -2.40. The maximum Gasteiger partial charge on any atom is 0.185 e. The average molecular weight is 239 g/mol. The van der Waals surface area contributed by atoms with Crippen LogP contribution < -0.4 is 10.6 Å². The zero-order valence-electron chi connectivity index (χ0n) is 10.1. The van der Waals surface area contributed by atoms with Gasteiger partial charge in [-0.25, -0.2) is 4.98 Å². The second-order valence-corrected chi connectivity index (χ2v) is 5.53. The number of rotatable bonds is 2. The van der Waals surface area contributed by atoms with E-state index in [4.69, 9.17) is 5.73 Å². The maximum atomic E-state index is 5.86. The van der Waals surface area contributed by atoms with Crippen LogP contribution in [0.1, 0.15) is 31.9 Å². The monoisotopic (exact) mass is 239 g/mol. The number of hydrogen-bond donors (Lipinski definition) is 1. The Bertz CT molecular complexity index is 337. The van der Waals surface area contributed by atoms with E-state index >= 15 is 0 Å². The first kappa shape index (κ1) is 11.9. The summed E-state index contributed by atoms with van der Waals surface area (Å²) in [5.74, 6) is 0.617. The van der Waals surface area contributed by atoms with Crippen molar-refractivity contribution in [2.45, 2.75) is 39.2 Å². The third kappa shape index (κ3) is 2.38. The molecule has 1 saturated heterocycles. The number of anilines is 1. The third-order valence-electron chi connectivity index (χ3n) is 3.55. The van der Waals surface area contributed by atoms with Crippen LogP contribution in [0.25, 0.3) is 0 Å². The topological polar surface area (TPSA) is 42.1 Å². The smallest absolute Gasteiger partial charge is 0.185 e. The molecule has 0 unspecified atom stereocenters. The highest BCUT2D eigenvalue weighted by Gasteiger charge is 2.26. The molecule has 90 valence electrons. The van der Waals surface area contributed by atoms with Gasteiger partial charge >= 0.3 is 0 Å². The Labute approximate surface area is 102 Å². The largest absolute Gasteiger partial charge is 0.345 e. The van der Waals surface area contributed by atoms with Crippen LogP contribution in [-0.2, 0) is 0 Å². The Morgan fingerprint density at radius 3 is 3.00 bits per heavy atom. The minimum Gasteiger partial charge on any atom is -0.345 e. The van der Waals surface area contributed by atoms with Gasteiger partial charge in [-0.15, -0.1) is 11.3 Å². The fraction of sp³-hybridized carbons (Fsp3) is 0.750. The van der Waals surface area contributed by atoms with E-state index in [-0.39, 0.29) is 0 Å². The summed E-state index contributed by atoms with van der Waals surface area (Å²) >= 11 is 1.76. The Kier molecular flexibility index (Phi) is 3.82. The molecule has 0 aliphatic carbocycles. The van der Waals surface area contributed by atoms with Crippen LogP contribution >= 0.6 is 11.3 Å². The van der Waals surface area contributed by atoms with Gasteiger partial charge in [0.25, 0.3) is 0 Å². The standard InChI is InChI=1S/C12H21N3S/c1-9-8-16-12(14-9)15-6-4-3-5-11(7-13)10(15)2/h8,10-11H,3-7,13H2,1-2H3/t10-,11-/m1/s1. The highest BCUT2D eigenvalue weighted by molar-refractivity contribution is 7.13. The van der Waals surface area contributed by atoms with E-state index in [1.165, 1.54) is 24.4 Å². The third-order valence-corrected chi connectivity index (χ3v) is 4.55. The van der Waals surface area contributed by atoms with Crippen LogP contribution in [0.2, 0.25) is 0 Å². The van der Waals surface area contributed by atoms with Crippen LogP contribution in [-0.4, -0.2) is 24.1 Å². The molecule has 2 rings (SSSR count). The van der Waals surface area contributed by atoms with Gasteiger partial charge in [-0.3, -0.25) is 0 Å². The zero-order chi connectivity index (χ0) is 11.5. The van der Waals surface area contributed by atoms with Gasteiger partial charge in [-0.2, -0.15) is 0 Å². The molecule has 0 aromatic carbocycles. The normalized spacial score (nSPS) is 26.8. The minimum absolute atomic E-state index is 0.526. The molecule has 16 heavy (non-hydrogen) atoms. The number of hydrogen-bond acceptors (Lipinski definition) is 4. The van der Waals surface area contributed by atoms with Gasteiger partial charge in [0.2, 0.25) is 0 Å². The van der Waals surface area contributed by atoms with Gasteiger partial charge < -0.3 is 10.6 Å². The van der Waals surface area contributed by atoms with Crippen molar-refractivity contribution in [1.82, 2.24) is 4.98 Å². The van der Waals surface area contributed by atoms with Crippen LogP contribution in [0.15, 0.2) is 5.38 Å². The second-order valence-electron chi connectivity index (χ2n) is 4.70. The van der Waals surface area contributed by atoms with Gasteiger partial charge in [0.1, 0.15) is 0 Å². The Balaban J connectivity index is 2.18. The molecule has 1 aliphatic heterocycles. The van der Waals surface area contributed by atoms with Gasteiger partial charge in [0.05, 0.1) is 5.69 Å². The molecule has 1 aromatic rings. The molecule has 2 atom stereocenters. The first-order valence-corrected chi connectivity index (χ1v) is 6.99. The molecule has 1 aliphatic rings. The van der Waals surface area contributed by atoms with E-state index in [0.29, 0.717) is 12.0 Å². The summed E-state index contributed by atoms with van der Waals surface area (Å²) in [4.78, 5) is 7.05. The number of nitrogens with two attached hydrogens (primary N) is 1. The molecule has 0 radical (unpaired) electrons. The first-order chi connectivity index (χ1) is 7.72. The van der Waals surface area contributed by atoms with Crippen molar-refractivity contribution >= 4 is 16.5 Å². The Morgan fingerprint density at radius 1 is 1.56 bits per heavy atom. The summed E-state index contributed by atoms with van der Waals surface area (Å²) < 4.78 is 0. The summed E-state index contributed by atoms with van der Waals surface area (Å²) in [6, 6.07) is 0.526. The van der Waals surface area contributed by atoms with Gasteiger partial charge in [-0.1, -0.05) is 6.42 Å². The SMILES string of the molecule is Cc1csc(N2CCCC[C@H](CN)[C@H]2C)n1. The quantitative estimate of drug-likeness (QED) is 0.861. The number of aryl methyl sites for hydroxylation is 1. The maximum absolute atomic E-state index is 5.86. The highest BCUT2D eigenvalue weighted by atomic mass is 32.1. The van der Waals surface area contributed by atoms with E-state index in [1.807, 2.05) is 0 Å². The van der Waals surface area contributed by atoms with Crippen molar-refractivity contribution in [1.29, 1.82) is 0 Å². The lowest BCUT2D eigenvalue weighted by molar-refractivity contribution is 0.423. The van der Waals surface area contributed by atoms with Crippen molar-refractivity contribution in [2.24, 2.45) is 11.7 Å². The molecule has 0 amide bonds. The number of thiazole rings is 1. The van der Waals surface area contributed by atoms with Crippen molar-refractivity contribution < 1.29 is 0 Å². The highest BCUT2D eigenvalue weighted by Crippen LogP contribution is 2.29. The van der Waals surface area contributed by atoms with E-state index in [0.717, 1.165) is 18.8 Å². The lowest BCUT2D eigenvalue weighted by Gasteiger charge is -2.31. The summed E-state index contributed by atoms with van der Waals surface area (Å²) in [6.45, 7) is 6.27. The molecule has 0 saturated carbocycles. The molecule has 1 aromatic heterocycles. The van der Waals surface area contributed by atoms with Crippen molar-refractivity contribution in [2.75, 3.05) is 18.0 Å². The van der Waals surface area contributed by atoms with E-state index in [9.17, 15) is 0 Å². The Morgan fingerprint density at radius 2 is 2.38 bits per heavy atom. The molecular formula is C12H21N3S. The van der Waals surface area contributed by atoms with Crippen molar-refractivity contribution in [3.05, 3.63) is 11.1 Å². The number of aromatic nitrogens is 1. The molecule has 2 heterocycles. The van der Waals surface area contributed by atoms with Gasteiger partial charge in [-0.05, 0) is 39.2 Å². The second kappa shape index (κ2) is 5.15. The minimum atomic E-state index is 0.526. The first-order valence-electron chi connectivity index (χ1n) is 6.11. The van der Waals surface area contributed by atoms with Gasteiger partial charge in [0, 0.05) is 18.0 Å². The number of nitrogens with zero attached hydrogens (tertiary/aromatic N) is 2. The van der Waals surface area contributed by atoms with Crippen LogP contribution in [0.3, 0.4) is 0 Å². The molecule has 0 spiro atoms. The zero-order valence-corrected chi connectivity index (χ0v) is 11.0.